The normalized spacial score (nSPS) is 29.8. The number of morpholine rings is 1. The van der Waals surface area contributed by atoms with Crippen LogP contribution in [0.3, 0.4) is 0 Å². The van der Waals surface area contributed by atoms with Crippen molar-refractivity contribution in [2.24, 2.45) is 0 Å². The van der Waals surface area contributed by atoms with Gasteiger partial charge in [0, 0.05) is 52.4 Å². The summed E-state index contributed by atoms with van der Waals surface area (Å²) in [6, 6.07) is -0.107. The number of amides is 2. The molecule has 0 saturated carbocycles. The molecule has 0 aromatic rings. The molecule has 0 radical (unpaired) electrons. The predicted molar refractivity (Wildman–Crippen MR) is 99.9 cm³/mol. The molecule has 7 nitrogen and oxygen atoms in total. The van der Waals surface area contributed by atoms with Gasteiger partial charge in [0.15, 0.2) is 0 Å². The number of carbonyl (C=O) groups excluding carboxylic acids is 2. The van der Waals surface area contributed by atoms with Crippen molar-refractivity contribution >= 4 is 11.8 Å². The van der Waals surface area contributed by atoms with E-state index in [0.29, 0.717) is 19.6 Å². The van der Waals surface area contributed by atoms with Gasteiger partial charge in [-0.2, -0.15) is 0 Å². The topological polar surface area (TPSA) is 56.3 Å². The van der Waals surface area contributed by atoms with Crippen molar-refractivity contribution in [2.45, 2.75) is 51.9 Å². The molecule has 2 amide bonds. The minimum atomic E-state index is -0.107. The summed E-state index contributed by atoms with van der Waals surface area (Å²) >= 11 is 0. The average molecular weight is 367 g/mol. The van der Waals surface area contributed by atoms with Gasteiger partial charge in [-0.05, 0) is 33.6 Å². The molecule has 3 fully saturated rings. The van der Waals surface area contributed by atoms with Crippen LogP contribution in [-0.2, 0) is 14.3 Å². The van der Waals surface area contributed by atoms with Gasteiger partial charge in [0.05, 0.1) is 24.8 Å². The summed E-state index contributed by atoms with van der Waals surface area (Å²) in [5, 5.41) is 0. The highest BCUT2D eigenvalue weighted by molar-refractivity contribution is 5.81. The number of hydrogen-bond donors (Lipinski definition) is 0. The second-order valence-corrected chi connectivity index (χ2v) is 8.08. The monoisotopic (exact) mass is 366 g/mol. The molecule has 0 bridgehead atoms. The Morgan fingerprint density at radius 2 is 1.50 bits per heavy atom. The zero-order valence-corrected chi connectivity index (χ0v) is 16.5. The molecule has 3 aliphatic heterocycles. The number of ether oxygens (including phenoxy) is 1. The van der Waals surface area contributed by atoms with Gasteiger partial charge < -0.3 is 14.5 Å². The quantitative estimate of drug-likeness (QED) is 0.714. The molecule has 0 aliphatic carbocycles. The summed E-state index contributed by atoms with van der Waals surface area (Å²) in [4.78, 5) is 33.6. The molecule has 3 atom stereocenters. The maximum atomic E-state index is 12.9. The molecule has 7 heteroatoms. The van der Waals surface area contributed by atoms with Crippen LogP contribution in [0.5, 0.6) is 0 Å². The van der Waals surface area contributed by atoms with Crippen molar-refractivity contribution in [3.8, 4) is 0 Å². The van der Waals surface area contributed by atoms with Gasteiger partial charge in [-0.15, -0.1) is 0 Å². The van der Waals surface area contributed by atoms with Gasteiger partial charge in [-0.3, -0.25) is 19.4 Å². The fraction of sp³-hybridized carbons (Fsp3) is 0.895. The van der Waals surface area contributed by atoms with Gasteiger partial charge in [0.1, 0.15) is 0 Å². The average Bonchev–Trinajstić information content (AvgIpc) is 3.15. The molecule has 26 heavy (non-hydrogen) atoms. The molecule has 3 unspecified atom stereocenters. The second-order valence-electron chi connectivity index (χ2n) is 8.08. The van der Waals surface area contributed by atoms with Crippen LogP contribution < -0.4 is 0 Å². The number of rotatable bonds is 4. The van der Waals surface area contributed by atoms with E-state index in [1.54, 1.807) is 0 Å². The fourth-order valence-electron chi connectivity index (χ4n) is 4.34. The minimum absolute atomic E-state index is 0.100. The van der Waals surface area contributed by atoms with Gasteiger partial charge in [0.2, 0.25) is 11.8 Å². The van der Waals surface area contributed by atoms with Crippen molar-refractivity contribution in [2.75, 3.05) is 58.9 Å². The number of likely N-dealkylation sites (tertiary alicyclic amines) is 1. The summed E-state index contributed by atoms with van der Waals surface area (Å²) in [5.74, 6) is 0.463. The van der Waals surface area contributed by atoms with E-state index < -0.39 is 0 Å². The van der Waals surface area contributed by atoms with Crippen LogP contribution >= 0.6 is 0 Å². The molecule has 0 spiro atoms. The van der Waals surface area contributed by atoms with Gasteiger partial charge in [-0.1, -0.05) is 0 Å². The molecule has 3 heterocycles. The summed E-state index contributed by atoms with van der Waals surface area (Å²) in [6.07, 6.45) is 2.47. The number of piperazine rings is 1. The Hall–Kier alpha value is -1.18. The summed E-state index contributed by atoms with van der Waals surface area (Å²) in [5.41, 5.74) is 0. The van der Waals surface area contributed by atoms with Crippen LogP contribution in [0.15, 0.2) is 0 Å². The van der Waals surface area contributed by atoms with Crippen molar-refractivity contribution in [1.82, 2.24) is 19.6 Å². The largest absolute Gasteiger partial charge is 0.372 e. The minimum Gasteiger partial charge on any atom is -0.372 e. The first-order valence-electron chi connectivity index (χ1n) is 10.1. The Bertz CT molecular complexity index is 491. The van der Waals surface area contributed by atoms with E-state index in [2.05, 4.69) is 9.80 Å². The standard InChI is InChI=1S/C19H34N4O3/c1-15-12-23(13-16(2)26-15)19(25)17(3)21-10-8-20(9-11-21)14-18(24)22-6-4-5-7-22/h15-17H,4-14H2,1-3H3. The summed E-state index contributed by atoms with van der Waals surface area (Å²) in [6.45, 7) is 13.2. The van der Waals surface area contributed by atoms with Crippen molar-refractivity contribution in [1.29, 1.82) is 0 Å². The zero-order chi connectivity index (χ0) is 18.7. The Labute approximate surface area is 157 Å². The van der Waals surface area contributed by atoms with Crippen LogP contribution in [0.4, 0.5) is 0 Å². The highest BCUT2D eigenvalue weighted by Crippen LogP contribution is 2.15. The SMILES string of the molecule is CC1CN(C(=O)C(C)N2CCN(CC(=O)N3CCCC3)CC2)CC(C)O1. The summed E-state index contributed by atoms with van der Waals surface area (Å²) < 4.78 is 5.73. The fourth-order valence-corrected chi connectivity index (χ4v) is 4.34. The molecular formula is C19H34N4O3. The lowest BCUT2D eigenvalue weighted by atomic mass is 10.1. The third kappa shape index (κ3) is 4.75. The van der Waals surface area contributed by atoms with Crippen LogP contribution in [-0.4, -0.2) is 109 Å². The van der Waals surface area contributed by atoms with Gasteiger partial charge in [-0.25, -0.2) is 0 Å². The lowest BCUT2D eigenvalue weighted by molar-refractivity contribution is -0.149. The lowest BCUT2D eigenvalue weighted by Gasteiger charge is -2.41. The Kier molecular flexibility index (Phi) is 6.53. The van der Waals surface area contributed by atoms with E-state index in [9.17, 15) is 9.59 Å². The summed E-state index contributed by atoms with van der Waals surface area (Å²) in [7, 11) is 0. The van der Waals surface area contributed by atoms with Crippen molar-refractivity contribution in [3.05, 3.63) is 0 Å². The third-order valence-electron chi connectivity index (χ3n) is 5.86. The zero-order valence-electron chi connectivity index (χ0n) is 16.5. The van der Waals surface area contributed by atoms with Crippen molar-refractivity contribution < 1.29 is 14.3 Å². The second kappa shape index (κ2) is 8.67. The van der Waals surface area contributed by atoms with E-state index in [0.717, 1.165) is 52.1 Å². The molecule has 0 N–H and O–H groups in total. The molecule has 3 rings (SSSR count). The number of hydrogen-bond acceptors (Lipinski definition) is 5. The van der Waals surface area contributed by atoms with Crippen LogP contribution in [0, 0.1) is 0 Å². The first-order valence-corrected chi connectivity index (χ1v) is 10.1. The first-order chi connectivity index (χ1) is 12.4. The molecule has 148 valence electrons. The van der Waals surface area contributed by atoms with E-state index in [-0.39, 0.29) is 30.1 Å². The Morgan fingerprint density at radius 3 is 2.08 bits per heavy atom. The molecule has 3 aliphatic rings. The third-order valence-corrected chi connectivity index (χ3v) is 5.86. The Balaban J connectivity index is 1.44. The molecule has 0 aromatic heterocycles. The highest BCUT2D eigenvalue weighted by atomic mass is 16.5. The smallest absolute Gasteiger partial charge is 0.239 e. The maximum absolute atomic E-state index is 12.9. The number of nitrogens with zero attached hydrogens (tertiary/aromatic N) is 4. The van der Waals surface area contributed by atoms with E-state index >= 15 is 0 Å². The van der Waals surface area contributed by atoms with E-state index in [1.165, 1.54) is 0 Å². The van der Waals surface area contributed by atoms with Crippen LogP contribution in [0.2, 0.25) is 0 Å². The maximum Gasteiger partial charge on any atom is 0.239 e. The van der Waals surface area contributed by atoms with E-state index in [1.807, 2.05) is 30.6 Å². The number of carbonyl (C=O) groups is 2. The van der Waals surface area contributed by atoms with E-state index in [4.69, 9.17) is 4.74 Å². The van der Waals surface area contributed by atoms with Crippen LogP contribution in [0.25, 0.3) is 0 Å². The lowest BCUT2D eigenvalue weighted by Crippen LogP contribution is -2.58. The molecule has 0 aromatic carbocycles. The van der Waals surface area contributed by atoms with Crippen LogP contribution in [0.1, 0.15) is 33.6 Å². The van der Waals surface area contributed by atoms with Gasteiger partial charge >= 0.3 is 0 Å². The highest BCUT2D eigenvalue weighted by Gasteiger charge is 2.33. The van der Waals surface area contributed by atoms with Crippen molar-refractivity contribution in [3.63, 3.8) is 0 Å². The Morgan fingerprint density at radius 1 is 0.923 bits per heavy atom. The first kappa shape index (κ1) is 19.6. The molecular weight excluding hydrogens is 332 g/mol. The molecule has 3 saturated heterocycles. The van der Waals surface area contributed by atoms with Gasteiger partial charge in [0.25, 0.3) is 0 Å². The predicted octanol–water partition coefficient (Wildman–Crippen LogP) is 0.251.